The van der Waals surface area contributed by atoms with Gasteiger partial charge in [0, 0.05) is 7.05 Å². The van der Waals surface area contributed by atoms with Crippen LogP contribution in [0.4, 0.5) is 5.69 Å². The topological polar surface area (TPSA) is 75.7 Å². The Morgan fingerprint density at radius 1 is 1.08 bits per heavy atom. The van der Waals surface area contributed by atoms with Crippen molar-refractivity contribution in [1.82, 2.24) is 5.32 Å². The molecule has 0 saturated carbocycles. The molecule has 0 heterocycles. The molecule has 0 radical (unpaired) electrons. The van der Waals surface area contributed by atoms with Crippen molar-refractivity contribution in [3.63, 3.8) is 0 Å². The van der Waals surface area contributed by atoms with Gasteiger partial charge in [-0.15, -0.1) is 0 Å². The predicted molar refractivity (Wildman–Crippen MR) is 93.5 cm³/mol. The van der Waals surface area contributed by atoms with Crippen LogP contribution in [0, 0.1) is 0 Å². The van der Waals surface area contributed by atoms with Gasteiger partial charge in [-0.1, -0.05) is 30.3 Å². The maximum absolute atomic E-state index is 11.9. The van der Waals surface area contributed by atoms with Gasteiger partial charge in [0.25, 0.3) is 0 Å². The SMILES string of the molecule is CNC(=O)CN(c1ccc(OCc2ccccc2)cc1)S(C)(=O)=O. The third-order valence-electron chi connectivity index (χ3n) is 3.34. The summed E-state index contributed by atoms with van der Waals surface area (Å²) < 4.78 is 30.5. The highest BCUT2D eigenvalue weighted by atomic mass is 32.2. The number of carbonyl (C=O) groups excluding carboxylic acids is 1. The average Bonchev–Trinajstić information content (AvgIpc) is 2.58. The molecule has 2 aromatic rings. The fourth-order valence-corrected chi connectivity index (χ4v) is 2.92. The van der Waals surface area contributed by atoms with Gasteiger partial charge in [-0.05, 0) is 29.8 Å². The van der Waals surface area contributed by atoms with Crippen molar-refractivity contribution >= 4 is 21.6 Å². The molecule has 2 rings (SSSR count). The number of likely N-dealkylation sites (N-methyl/N-ethyl adjacent to an activating group) is 1. The number of nitrogens with one attached hydrogen (secondary N) is 1. The molecule has 0 aliphatic heterocycles. The molecule has 0 aliphatic rings. The predicted octanol–water partition coefficient (Wildman–Crippen LogP) is 1.78. The largest absolute Gasteiger partial charge is 0.489 e. The summed E-state index contributed by atoms with van der Waals surface area (Å²) in [4.78, 5) is 11.5. The zero-order valence-corrected chi connectivity index (χ0v) is 14.4. The lowest BCUT2D eigenvalue weighted by Crippen LogP contribution is -2.39. The minimum Gasteiger partial charge on any atom is -0.489 e. The van der Waals surface area contributed by atoms with Crippen molar-refractivity contribution in [2.24, 2.45) is 0 Å². The van der Waals surface area contributed by atoms with E-state index in [2.05, 4.69) is 5.32 Å². The average molecular weight is 348 g/mol. The van der Waals surface area contributed by atoms with Gasteiger partial charge in [-0.3, -0.25) is 9.10 Å². The van der Waals surface area contributed by atoms with Crippen molar-refractivity contribution in [2.75, 3.05) is 24.2 Å². The Morgan fingerprint density at radius 2 is 1.71 bits per heavy atom. The second kappa shape index (κ2) is 7.83. The molecule has 0 aliphatic carbocycles. The number of carbonyl (C=O) groups is 1. The van der Waals surface area contributed by atoms with Crippen LogP contribution in [-0.2, 0) is 21.4 Å². The number of ether oxygens (including phenoxy) is 1. The summed E-state index contributed by atoms with van der Waals surface area (Å²) in [7, 11) is -2.10. The second-order valence-electron chi connectivity index (χ2n) is 5.21. The highest BCUT2D eigenvalue weighted by molar-refractivity contribution is 7.92. The van der Waals surface area contributed by atoms with Gasteiger partial charge in [0.1, 0.15) is 18.9 Å². The third-order valence-corrected chi connectivity index (χ3v) is 4.48. The standard InChI is InChI=1S/C17H20N2O4S/c1-18-17(20)12-19(24(2,21)22)15-8-10-16(11-9-15)23-13-14-6-4-3-5-7-14/h3-11H,12-13H2,1-2H3,(H,18,20). The number of anilines is 1. The lowest BCUT2D eigenvalue weighted by atomic mass is 10.2. The van der Waals surface area contributed by atoms with Crippen molar-refractivity contribution in [3.05, 3.63) is 60.2 Å². The van der Waals surface area contributed by atoms with Crippen LogP contribution in [0.25, 0.3) is 0 Å². The van der Waals surface area contributed by atoms with Gasteiger partial charge >= 0.3 is 0 Å². The molecule has 6 nitrogen and oxygen atoms in total. The Balaban J connectivity index is 2.09. The van der Waals surface area contributed by atoms with E-state index in [0.29, 0.717) is 18.0 Å². The van der Waals surface area contributed by atoms with Gasteiger partial charge in [0.05, 0.1) is 11.9 Å². The van der Waals surface area contributed by atoms with Crippen molar-refractivity contribution in [1.29, 1.82) is 0 Å². The van der Waals surface area contributed by atoms with Crippen molar-refractivity contribution < 1.29 is 17.9 Å². The number of sulfonamides is 1. The smallest absolute Gasteiger partial charge is 0.240 e. The maximum Gasteiger partial charge on any atom is 0.240 e. The first-order valence-corrected chi connectivity index (χ1v) is 9.20. The number of hydrogen-bond acceptors (Lipinski definition) is 4. The molecule has 0 saturated heterocycles. The van der Waals surface area contributed by atoms with E-state index < -0.39 is 10.0 Å². The fourth-order valence-electron chi connectivity index (χ4n) is 2.06. The maximum atomic E-state index is 11.9. The molecule has 1 amide bonds. The lowest BCUT2D eigenvalue weighted by molar-refractivity contribution is -0.119. The zero-order valence-electron chi connectivity index (χ0n) is 13.6. The summed E-state index contributed by atoms with van der Waals surface area (Å²) in [6, 6.07) is 16.3. The molecule has 0 aromatic heterocycles. The summed E-state index contributed by atoms with van der Waals surface area (Å²) in [6.07, 6.45) is 1.07. The minimum atomic E-state index is -3.56. The number of benzene rings is 2. The molecule has 0 fully saturated rings. The van der Waals surface area contributed by atoms with E-state index in [1.54, 1.807) is 24.3 Å². The lowest BCUT2D eigenvalue weighted by Gasteiger charge is -2.21. The Labute approximate surface area is 142 Å². The molecule has 128 valence electrons. The summed E-state index contributed by atoms with van der Waals surface area (Å²) in [6.45, 7) is 0.160. The normalized spacial score (nSPS) is 10.9. The summed E-state index contributed by atoms with van der Waals surface area (Å²) in [5.74, 6) is 0.237. The first-order valence-electron chi connectivity index (χ1n) is 7.35. The van der Waals surface area contributed by atoms with E-state index in [1.807, 2.05) is 30.3 Å². The van der Waals surface area contributed by atoms with Gasteiger partial charge in [-0.25, -0.2) is 8.42 Å². The van der Waals surface area contributed by atoms with Crippen molar-refractivity contribution in [3.8, 4) is 5.75 Å². The van der Waals surface area contributed by atoms with Crippen LogP contribution in [0.1, 0.15) is 5.56 Å². The van der Waals surface area contributed by atoms with Gasteiger partial charge in [0.2, 0.25) is 15.9 Å². The first-order chi connectivity index (χ1) is 11.4. The molecule has 24 heavy (non-hydrogen) atoms. The van der Waals surface area contributed by atoms with Gasteiger partial charge in [-0.2, -0.15) is 0 Å². The fraction of sp³-hybridized carbons (Fsp3) is 0.235. The Morgan fingerprint density at radius 3 is 2.25 bits per heavy atom. The molecule has 1 N–H and O–H groups in total. The van der Waals surface area contributed by atoms with E-state index in [0.717, 1.165) is 16.1 Å². The first kappa shape index (κ1) is 17.8. The van der Waals surface area contributed by atoms with Crippen LogP contribution in [0.15, 0.2) is 54.6 Å². The van der Waals surface area contributed by atoms with Crippen LogP contribution in [0.2, 0.25) is 0 Å². The van der Waals surface area contributed by atoms with E-state index in [4.69, 9.17) is 4.74 Å². The van der Waals surface area contributed by atoms with Crippen LogP contribution < -0.4 is 14.4 Å². The number of hydrogen-bond donors (Lipinski definition) is 1. The molecule has 0 unspecified atom stereocenters. The summed E-state index contributed by atoms with van der Waals surface area (Å²) >= 11 is 0. The molecular formula is C17H20N2O4S. The molecule has 7 heteroatoms. The van der Waals surface area contributed by atoms with E-state index >= 15 is 0 Å². The monoisotopic (exact) mass is 348 g/mol. The van der Waals surface area contributed by atoms with Crippen molar-refractivity contribution in [2.45, 2.75) is 6.61 Å². The Bertz CT molecular complexity index is 774. The molecular weight excluding hydrogens is 328 g/mol. The van der Waals surface area contributed by atoms with Crippen LogP contribution in [0.5, 0.6) is 5.75 Å². The van der Waals surface area contributed by atoms with Crippen LogP contribution in [-0.4, -0.2) is 34.2 Å². The summed E-state index contributed by atoms with van der Waals surface area (Å²) in [5, 5.41) is 2.42. The van der Waals surface area contributed by atoms with E-state index in [1.165, 1.54) is 7.05 Å². The highest BCUT2D eigenvalue weighted by Crippen LogP contribution is 2.22. The van der Waals surface area contributed by atoms with E-state index in [9.17, 15) is 13.2 Å². The van der Waals surface area contributed by atoms with Crippen LogP contribution in [0.3, 0.4) is 0 Å². The quantitative estimate of drug-likeness (QED) is 0.827. The third kappa shape index (κ3) is 4.99. The molecule has 0 bridgehead atoms. The molecule has 2 aromatic carbocycles. The Hall–Kier alpha value is -2.54. The Kier molecular flexibility index (Phi) is 5.81. The minimum absolute atomic E-state index is 0.264. The number of amides is 1. The highest BCUT2D eigenvalue weighted by Gasteiger charge is 2.20. The van der Waals surface area contributed by atoms with Gasteiger partial charge < -0.3 is 10.1 Å². The number of nitrogens with zero attached hydrogens (tertiary/aromatic N) is 1. The van der Waals surface area contributed by atoms with Gasteiger partial charge in [0.15, 0.2) is 0 Å². The second-order valence-corrected chi connectivity index (χ2v) is 7.12. The summed E-state index contributed by atoms with van der Waals surface area (Å²) in [5.41, 5.74) is 1.45. The molecule has 0 spiro atoms. The van der Waals surface area contributed by atoms with Crippen LogP contribution >= 0.6 is 0 Å². The number of rotatable bonds is 7. The van der Waals surface area contributed by atoms with E-state index in [-0.39, 0.29) is 12.5 Å². The molecule has 0 atom stereocenters. The zero-order chi connectivity index (χ0) is 17.6.